The summed E-state index contributed by atoms with van der Waals surface area (Å²) < 4.78 is 1.82. The third kappa shape index (κ3) is 1.18. The van der Waals surface area contributed by atoms with E-state index in [4.69, 9.17) is 0 Å². The van der Waals surface area contributed by atoms with Crippen LogP contribution in [0.5, 0.6) is 0 Å². The Hall–Kier alpha value is -1.71. The molecule has 1 aromatic heterocycles. The first-order chi connectivity index (χ1) is 5.86. The summed E-state index contributed by atoms with van der Waals surface area (Å²) in [5.41, 5.74) is 7.76. The van der Waals surface area contributed by atoms with Gasteiger partial charge in [-0.2, -0.15) is 5.10 Å². The molecular formula is C8H10N4. The Bertz CT molecular complexity index is 335. The highest BCUT2D eigenvalue weighted by molar-refractivity contribution is 5.56. The third-order valence-electron chi connectivity index (χ3n) is 1.63. The molecule has 0 bridgehead atoms. The summed E-state index contributed by atoms with van der Waals surface area (Å²) in [5, 5.41) is 4.26. The van der Waals surface area contributed by atoms with E-state index in [-0.39, 0.29) is 0 Å². The molecule has 0 amide bonds. The highest BCUT2D eigenvalue weighted by atomic mass is 15.4. The lowest BCUT2D eigenvalue weighted by Crippen LogP contribution is -2.24. The summed E-state index contributed by atoms with van der Waals surface area (Å²) >= 11 is 0. The van der Waals surface area contributed by atoms with Crippen LogP contribution in [0, 0.1) is 6.92 Å². The molecule has 0 unspecified atom stereocenters. The zero-order valence-corrected chi connectivity index (χ0v) is 6.78. The number of nitrogens with zero attached hydrogens (tertiary/aromatic N) is 2. The van der Waals surface area contributed by atoms with Gasteiger partial charge in [-0.1, -0.05) is 0 Å². The van der Waals surface area contributed by atoms with E-state index >= 15 is 0 Å². The predicted octanol–water partition coefficient (Wildman–Crippen LogP) is 0.611. The third-order valence-corrected chi connectivity index (χ3v) is 1.63. The van der Waals surface area contributed by atoms with Crippen LogP contribution in [0.2, 0.25) is 0 Å². The van der Waals surface area contributed by atoms with E-state index in [1.807, 2.05) is 42.3 Å². The molecule has 62 valence electrons. The topological polar surface area (TPSA) is 41.9 Å². The maximum absolute atomic E-state index is 4.26. The van der Waals surface area contributed by atoms with E-state index in [0.717, 1.165) is 11.4 Å². The molecular weight excluding hydrogens is 152 g/mol. The molecule has 1 aromatic rings. The molecule has 2 N–H and O–H groups in total. The Morgan fingerprint density at radius 1 is 1.42 bits per heavy atom. The highest BCUT2D eigenvalue weighted by Gasteiger charge is 1.99. The maximum Gasteiger partial charge on any atom is 0.0836 e. The number of hydrogen-bond donors (Lipinski definition) is 2. The summed E-state index contributed by atoms with van der Waals surface area (Å²) in [4.78, 5) is 0. The second kappa shape index (κ2) is 2.73. The number of nitrogens with one attached hydrogen (secondary N) is 2. The smallest absolute Gasteiger partial charge is 0.0836 e. The highest BCUT2D eigenvalue weighted by Crippen LogP contribution is 2.05. The minimum Gasteiger partial charge on any atom is -0.309 e. The van der Waals surface area contributed by atoms with Crippen LogP contribution in [-0.4, -0.2) is 9.78 Å². The van der Waals surface area contributed by atoms with Crippen molar-refractivity contribution in [2.75, 3.05) is 0 Å². The number of aromatic nitrogens is 2. The molecule has 2 rings (SSSR count). The number of rotatable bonds is 1. The molecule has 4 nitrogen and oxygen atoms in total. The molecule has 0 aliphatic carbocycles. The molecule has 0 saturated heterocycles. The quantitative estimate of drug-likeness (QED) is 0.635. The Balaban J connectivity index is 2.30. The number of allylic oxidation sites excluding steroid dienone is 2. The van der Waals surface area contributed by atoms with Crippen LogP contribution in [0.4, 0.5) is 0 Å². The lowest BCUT2D eigenvalue weighted by atomic mass is 10.4. The van der Waals surface area contributed by atoms with Crippen LogP contribution in [0.3, 0.4) is 0 Å². The van der Waals surface area contributed by atoms with Crippen molar-refractivity contribution in [3.05, 3.63) is 36.4 Å². The minimum absolute atomic E-state index is 1.02. The zero-order chi connectivity index (χ0) is 8.39. The lowest BCUT2D eigenvalue weighted by Gasteiger charge is -2.09. The van der Waals surface area contributed by atoms with E-state index in [0.29, 0.717) is 0 Å². The molecule has 0 spiro atoms. The van der Waals surface area contributed by atoms with E-state index in [2.05, 4.69) is 16.0 Å². The van der Waals surface area contributed by atoms with E-state index in [1.165, 1.54) is 0 Å². The van der Waals surface area contributed by atoms with Crippen LogP contribution in [-0.2, 0) is 0 Å². The van der Waals surface area contributed by atoms with E-state index in [9.17, 15) is 0 Å². The van der Waals surface area contributed by atoms with Crippen molar-refractivity contribution in [3.63, 3.8) is 0 Å². The summed E-state index contributed by atoms with van der Waals surface area (Å²) in [6.45, 7) is 1.97. The van der Waals surface area contributed by atoms with Crippen LogP contribution < -0.4 is 10.9 Å². The molecule has 2 heterocycles. The number of hydrazine groups is 1. The van der Waals surface area contributed by atoms with Crippen molar-refractivity contribution >= 4 is 5.70 Å². The second-order valence-electron chi connectivity index (χ2n) is 2.59. The first-order valence-corrected chi connectivity index (χ1v) is 3.77. The number of aryl methyl sites for hydroxylation is 1. The van der Waals surface area contributed by atoms with Gasteiger partial charge in [0.15, 0.2) is 0 Å². The fourth-order valence-electron chi connectivity index (χ4n) is 1.04. The summed E-state index contributed by atoms with van der Waals surface area (Å²) in [7, 11) is 0. The Labute approximate surface area is 70.5 Å². The van der Waals surface area contributed by atoms with Crippen LogP contribution in [0.25, 0.3) is 5.70 Å². The molecule has 1 aliphatic rings. The van der Waals surface area contributed by atoms with Crippen LogP contribution >= 0.6 is 0 Å². The van der Waals surface area contributed by atoms with Crippen molar-refractivity contribution in [1.82, 2.24) is 20.6 Å². The van der Waals surface area contributed by atoms with Crippen molar-refractivity contribution < 1.29 is 0 Å². The van der Waals surface area contributed by atoms with E-state index in [1.54, 1.807) is 0 Å². The largest absolute Gasteiger partial charge is 0.309 e. The van der Waals surface area contributed by atoms with Gasteiger partial charge in [0.1, 0.15) is 0 Å². The number of hydrogen-bond acceptors (Lipinski definition) is 3. The average molecular weight is 162 g/mol. The fourth-order valence-corrected chi connectivity index (χ4v) is 1.04. The Kier molecular flexibility index (Phi) is 1.59. The maximum atomic E-state index is 4.26. The first kappa shape index (κ1) is 6.97. The molecule has 0 saturated carbocycles. The van der Waals surface area contributed by atoms with Gasteiger partial charge in [-0.25, -0.2) is 4.68 Å². The molecule has 0 fully saturated rings. The monoisotopic (exact) mass is 162 g/mol. The van der Waals surface area contributed by atoms with Gasteiger partial charge >= 0.3 is 0 Å². The molecule has 0 aromatic carbocycles. The molecule has 12 heavy (non-hydrogen) atoms. The van der Waals surface area contributed by atoms with Crippen molar-refractivity contribution in [2.45, 2.75) is 6.92 Å². The zero-order valence-electron chi connectivity index (χ0n) is 6.78. The standard InChI is InChI=1S/C8H10N4/c1-7-3-5-12(11-7)8-2-4-9-10-6-8/h2-6,9-10H,1H3. The summed E-state index contributed by atoms with van der Waals surface area (Å²) in [6, 6.07) is 1.97. The van der Waals surface area contributed by atoms with Gasteiger partial charge in [0.05, 0.1) is 11.4 Å². The summed E-state index contributed by atoms with van der Waals surface area (Å²) in [6.07, 6.45) is 7.56. The van der Waals surface area contributed by atoms with Gasteiger partial charge in [-0.15, -0.1) is 0 Å². The van der Waals surface area contributed by atoms with Crippen LogP contribution in [0.1, 0.15) is 5.69 Å². The van der Waals surface area contributed by atoms with Crippen molar-refractivity contribution in [3.8, 4) is 0 Å². The first-order valence-electron chi connectivity index (χ1n) is 3.77. The second-order valence-corrected chi connectivity index (χ2v) is 2.59. The van der Waals surface area contributed by atoms with Crippen molar-refractivity contribution in [1.29, 1.82) is 0 Å². The van der Waals surface area contributed by atoms with Gasteiger partial charge < -0.3 is 10.9 Å². The van der Waals surface area contributed by atoms with Gasteiger partial charge in [0.25, 0.3) is 0 Å². The molecule has 0 atom stereocenters. The normalized spacial score (nSPS) is 14.9. The van der Waals surface area contributed by atoms with Gasteiger partial charge in [0.2, 0.25) is 0 Å². The molecule has 0 radical (unpaired) electrons. The fraction of sp³-hybridized carbons (Fsp3) is 0.125. The average Bonchev–Trinajstić information content (AvgIpc) is 2.54. The SMILES string of the molecule is Cc1ccn(C2=CNNC=C2)n1. The van der Waals surface area contributed by atoms with Gasteiger partial charge in [0, 0.05) is 18.6 Å². The van der Waals surface area contributed by atoms with Gasteiger partial charge in [-0.05, 0) is 19.1 Å². The van der Waals surface area contributed by atoms with Crippen molar-refractivity contribution in [2.24, 2.45) is 0 Å². The van der Waals surface area contributed by atoms with Crippen LogP contribution in [0.15, 0.2) is 30.7 Å². The Morgan fingerprint density at radius 2 is 2.33 bits per heavy atom. The van der Waals surface area contributed by atoms with E-state index < -0.39 is 0 Å². The Morgan fingerprint density at radius 3 is 2.92 bits per heavy atom. The summed E-state index contributed by atoms with van der Waals surface area (Å²) in [5.74, 6) is 0. The lowest BCUT2D eigenvalue weighted by molar-refractivity contribution is 0.752. The van der Waals surface area contributed by atoms with Gasteiger partial charge in [-0.3, -0.25) is 0 Å². The molecule has 1 aliphatic heterocycles. The molecule has 4 heteroatoms. The predicted molar refractivity (Wildman–Crippen MR) is 46.6 cm³/mol. The minimum atomic E-state index is 1.02.